The SMILES string of the molecule is CC(C)C(C)(C#N)NC(=O)Cn1c(=O)cnc2ccccc21. The van der Waals surface area contributed by atoms with Crippen LogP contribution in [0, 0.1) is 17.2 Å². The van der Waals surface area contributed by atoms with E-state index in [9.17, 15) is 14.9 Å². The molecule has 0 fully saturated rings. The molecule has 1 atom stereocenters. The van der Waals surface area contributed by atoms with Gasteiger partial charge >= 0.3 is 0 Å². The lowest BCUT2D eigenvalue weighted by atomic mass is 9.90. The molecule has 2 rings (SSSR count). The second-order valence-electron chi connectivity index (χ2n) is 5.69. The largest absolute Gasteiger partial charge is 0.336 e. The first-order valence-electron chi connectivity index (χ1n) is 7.04. The van der Waals surface area contributed by atoms with Crippen molar-refractivity contribution in [3.8, 4) is 6.07 Å². The minimum atomic E-state index is -0.969. The molecule has 114 valence electrons. The molecular weight excluding hydrogens is 280 g/mol. The minimum absolute atomic E-state index is 0.0487. The molecule has 2 aromatic rings. The lowest BCUT2D eigenvalue weighted by Gasteiger charge is -2.27. The molecule has 22 heavy (non-hydrogen) atoms. The molecule has 0 bridgehead atoms. The maximum Gasteiger partial charge on any atom is 0.269 e. The van der Waals surface area contributed by atoms with Crippen LogP contribution in [0.25, 0.3) is 11.0 Å². The summed E-state index contributed by atoms with van der Waals surface area (Å²) in [7, 11) is 0. The molecule has 0 aliphatic heterocycles. The van der Waals surface area contributed by atoms with Crippen LogP contribution in [-0.4, -0.2) is 21.0 Å². The number of rotatable bonds is 4. The zero-order chi connectivity index (χ0) is 16.3. The quantitative estimate of drug-likeness (QED) is 0.925. The molecule has 0 aliphatic rings. The molecule has 0 saturated carbocycles. The number of fused-ring (bicyclic) bond motifs is 1. The van der Waals surface area contributed by atoms with Gasteiger partial charge in [-0.3, -0.25) is 14.2 Å². The predicted octanol–water partition coefficient (Wildman–Crippen LogP) is 1.45. The topological polar surface area (TPSA) is 87.8 Å². The van der Waals surface area contributed by atoms with E-state index in [1.54, 1.807) is 25.1 Å². The zero-order valence-corrected chi connectivity index (χ0v) is 12.8. The number of para-hydroxylation sites is 2. The lowest BCUT2D eigenvalue weighted by molar-refractivity contribution is -0.123. The number of hydrogen-bond donors (Lipinski definition) is 1. The molecule has 0 saturated heterocycles. The number of nitriles is 1. The first-order chi connectivity index (χ1) is 10.4. The van der Waals surface area contributed by atoms with Crippen molar-refractivity contribution in [1.82, 2.24) is 14.9 Å². The highest BCUT2D eigenvalue weighted by atomic mass is 16.2. The molecule has 6 nitrogen and oxygen atoms in total. The molecule has 0 spiro atoms. The second-order valence-corrected chi connectivity index (χ2v) is 5.69. The molecule has 1 unspecified atom stereocenters. The fourth-order valence-corrected chi connectivity index (χ4v) is 2.05. The zero-order valence-electron chi connectivity index (χ0n) is 12.8. The second kappa shape index (κ2) is 5.98. The summed E-state index contributed by atoms with van der Waals surface area (Å²) < 4.78 is 1.36. The monoisotopic (exact) mass is 298 g/mol. The summed E-state index contributed by atoms with van der Waals surface area (Å²) in [5.41, 5.74) is -0.0870. The van der Waals surface area contributed by atoms with E-state index >= 15 is 0 Å². The number of carbonyl (C=O) groups excluding carboxylic acids is 1. The fraction of sp³-hybridized carbons (Fsp3) is 0.375. The molecule has 0 aliphatic carbocycles. The maximum absolute atomic E-state index is 12.2. The van der Waals surface area contributed by atoms with Gasteiger partial charge in [-0.05, 0) is 25.0 Å². The van der Waals surface area contributed by atoms with Gasteiger partial charge in [0, 0.05) is 0 Å². The van der Waals surface area contributed by atoms with Crippen LogP contribution in [0.1, 0.15) is 20.8 Å². The van der Waals surface area contributed by atoms with E-state index < -0.39 is 5.54 Å². The molecule has 1 N–H and O–H groups in total. The van der Waals surface area contributed by atoms with Crippen LogP contribution in [0.3, 0.4) is 0 Å². The highest BCUT2D eigenvalue weighted by Crippen LogP contribution is 2.15. The van der Waals surface area contributed by atoms with Crippen molar-refractivity contribution in [2.45, 2.75) is 32.9 Å². The molecule has 1 amide bonds. The van der Waals surface area contributed by atoms with Crippen molar-refractivity contribution in [2.75, 3.05) is 0 Å². The number of amides is 1. The van der Waals surface area contributed by atoms with Crippen molar-refractivity contribution in [1.29, 1.82) is 5.26 Å². The van der Waals surface area contributed by atoms with Crippen molar-refractivity contribution in [2.24, 2.45) is 5.92 Å². The lowest BCUT2D eigenvalue weighted by Crippen LogP contribution is -2.50. The van der Waals surface area contributed by atoms with Crippen LogP contribution in [-0.2, 0) is 11.3 Å². The van der Waals surface area contributed by atoms with E-state index in [4.69, 9.17) is 0 Å². The van der Waals surface area contributed by atoms with Crippen LogP contribution in [0.5, 0.6) is 0 Å². The van der Waals surface area contributed by atoms with Gasteiger partial charge in [0.2, 0.25) is 5.91 Å². The Balaban J connectivity index is 2.32. The number of carbonyl (C=O) groups is 1. The van der Waals surface area contributed by atoms with Gasteiger partial charge in [-0.25, -0.2) is 4.98 Å². The van der Waals surface area contributed by atoms with Crippen LogP contribution >= 0.6 is 0 Å². The van der Waals surface area contributed by atoms with Crippen molar-refractivity contribution in [3.63, 3.8) is 0 Å². The van der Waals surface area contributed by atoms with E-state index in [2.05, 4.69) is 16.4 Å². The van der Waals surface area contributed by atoms with Gasteiger partial charge in [0.15, 0.2) is 0 Å². The Morgan fingerprint density at radius 3 is 2.77 bits per heavy atom. The third kappa shape index (κ3) is 2.98. The summed E-state index contributed by atoms with van der Waals surface area (Å²) in [6.45, 7) is 5.24. The van der Waals surface area contributed by atoms with Gasteiger partial charge in [-0.2, -0.15) is 5.26 Å². The van der Waals surface area contributed by atoms with Crippen molar-refractivity contribution >= 4 is 16.9 Å². The predicted molar refractivity (Wildman–Crippen MR) is 83.0 cm³/mol. The fourth-order valence-electron chi connectivity index (χ4n) is 2.05. The average molecular weight is 298 g/mol. The van der Waals surface area contributed by atoms with Crippen molar-refractivity contribution < 1.29 is 4.79 Å². The Morgan fingerprint density at radius 1 is 1.45 bits per heavy atom. The molecule has 0 radical (unpaired) electrons. The number of benzene rings is 1. The van der Waals surface area contributed by atoms with E-state index in [1.807, 2.05) is 19.9 Å². The Morgan fingerprint density at radius 2 is 2.14 bits per heavy atom. The van der Waals surface area contributed by atoms with Crippen molar-refractivity contribution in [3.05, 3.63) is 40.8 Å². The number of hydrogen-bond acceptors (Lipinski definition) is 4. The van der Waals surface area contributed by atoms with Gasteiger partial charge < -0.3 is 5.32 Å². The van der Waals surface area contributed by atoms with Crippen LogP contribution in [0.2, 0.25) is 0 Å². The summed E-state index contributed by atoms with van der Waals surface area (Å²) in [5, 5.41) is 12.0. The highest BCUT2D eigenvalue weighted by Gasteiger charge is 2.30. The molecular formula is C16H18N4O2. The number of nitrogens with zero attached hydrogens (tertiary/aromatic N) is 3. The summed E-state index contributed by atoms with van der Waals surface area (Å²) in [5.74, 6) is -0.427. The highest BCUT2D eigenvalue weighted by molar-refractivity contribution is 5.80. The summed E-state index contributed by atoms with van der Waals surface area (Å²) >= 11 is 0. The van der Waals surface area contributed by atoms with Gasteiger partial charge in [-0.1, -0.05) is 26.0 Å². The molecule has 6 heteroatoms. The summed E-state index contributed by atoms with van der Waals surface area (Å²) in [4.78, 5) is 28.3. The van der Waals surface area contributed by atoms with Crippen LogP contribution in [0.4, 0.5) is 0 Å². The summed E-state index contributed by atoms with van der Waals surface area (Å²) in [6, 6.07) is 9.23. The van der Waals surface area contributed by atoms with Crippen LogP contribution in [0.15, 0.2) is 35.3 Å². The Labute approximate surface area is 128 Å². The average Bonchev–Trinajstić information content (AvgIpc) is 2.49. The maximum atomic E-state index is 12.2. The van der Waals surface area contributed by atoms with E-state index in [1.165, 1.54) is 10.8 Å². The van der Waals surface area contributed by atoms with E-state index in [-0.39, 0.29) is 23.9 Å². The third-order valence-corrected chi connectivity index (χ3v) is 3.84. The van der Waals surface area contributed by atoms with Gasteiger partial charge in [0.25, 0.3) is 5.56 Å². The normalized spacial score (nSPS) is 13.6. The van der Waals surface area contributed by atoms with Crippen LogP contribution < -0.4 is 10.9 Å². The van der Waals surface area contributed by atoms with E-state index in [0.29, 0.717) is 11.0 Å². The minimum Gasteiger partial charge on any atom is -0.336 e. The third-order valence-electron chi connectivity index (χ3n) is 3.84. The summed E-state index contributed by atoms with van der Waals surface area (Å²) in [6.07, 6.45) is 1.20. The number of nitrogens with one attached hydrogen (secondary N) is 1. The number of aromatic nitrogens is 2. The van der Waals surface area contributed by atoms with Gasteiger partial charge in [0.05, 0.1) is 23.3 Å². The van der Waals surface area contributed by atoms with E-state index in [0.717, 1.165) is 0 Å². The Kier molecular flexibility index (Phi) is 4.27. The van der Waals surface area contributed by atoms with Gasteiger partial charge in [0.1, 0.15) is 12.1 Å². The first-order valence-corrected chi connectivity index (χ1v) is 7.04. The van der Waals surface area contributed by atoms with Gasteiger partial charge in [-0.15, -0.1) is 0 Å². The first kappa shape index (κ1) is 15.7. The molecule has 1 aromatic heterocycles. The Hall–Kier alpha value is -2.68. The molecule has 1 aromatic carbocycles. The standard InChI is InChI=1S/C16H18N4O2/c1-11(2)16(3,10-17)19-14(21)9-20-13-7-5-4-6-12(13)18-8-15(20)22/h4-8,11H,9H2,1-3H3,(H,19,21). The molecule has 1 heterocycles. The smallest absolute Gasteiger partial charge is 0.269 e. The Bertz CT molecular complexity index is 804.